The number of benzene rings is 3. The summed E-state index contributed by atoms with van der Waals surface area (Å²) in [6, 6.07) is 21.0. The Balaban J connectivity index is 1.43. The number of nitrogens with zero attached hydrogens (tertiary/aromatic N) is 1. The number of amides is 2. The van der Waals surface area contributed by atoms with Gasteiger partial charge in [0.15, 0.2) is 6.61 Å². The van der Waals surface area contributed by atoms with Gasteiger partial charge in [-0.1, -0.05) is 36.4 Å². The molecule has 0 aromatic heterocycles. The largest absolute Gasteiger partial charge is 0.484 e. The number of hydrogen-bond donors (Lipinski definition) is 1. The first-order chi connectivity index (χ1) is 14.6. The van der Waals surface area contributed by atoms with Crippen molar-refractivity contribution in [3.05, 3.63) is 89.7 Å². The van der Waals surface area contributed by atoms with Gasteiger partial charge in [-0.25, -0.2) is 4.39 Å². The molecule has 2 amide bonds. The van der Waals surface area contributed by atoms with Crippen molar-refractivity contribution in [2.24, 2.45) is 0 Å². The van der Waals surface area contributed by atoms with E-state index in [1.807, 2.05) is 42.5 Å². The first-order valence-electron chi connectivity index (χ1n) is 9.74. The zero-order valence-corrected chi connectivity index (χ0v) is 16.3. The normalized spacial score (nSPS) is 13.0. The predicted molar refractivity (Wildman–Crippen MR) is 113 cm³/mol. The molecule has 0 radical (unpaired) electrons. The van der Waals surface area contributed by atoms with Gasteiger partial charge in [0.25, 0.3) is 5.91 Å². The lowest BCUT2D eigenvalue weighted by Crippen LogP contribution is -2.34. The number of fused-ring (bicyclic) bond motifs is 1. The molecule has 3 aromatic carbocycles. The van der Waals surface area contributed by atoms with Gasteiger partial charge in [-0.15, -0.1) is 0 Å². The number of ether oxygens (including phenoxy) is 1. The van der Waals surface area contributed by atoms with Crippen LogP contribution in [0.4, 0.5) is 15.8 Å². The molecule has 4 rings (SSSR count). The van der Waals surface area contributed by atoms with Crippen LogP contribution in [0.15, 0.2) is 72.8 Å². The molecule has 3 aromatic rings. The topological polar surface area (TPSA) is 58.6 Å². The van der Waals surface area contributed by atoms with Gasteiger partial charge in [-0.05, 0) is 47.9 Å². The van der Waals surface area contributed by atoms with E-state index < -0.39 is 5.82 Å². The van der Waals surface area contributed by atoms with Gasteiger partial charge in [0.2, 0.25) is 5.91 Å². The lowest BCUT2D eigenvalue weighted by molar-refractivity contribution is -0.119. The Labute approximate surface area is 174 Å². The van der Waals surface area contributed by atoms with Gasteiger partial charge in [0.1, 0.15) is 11.6 Å². The summed E-state index contributed by atoms with van der Waals surface area (Å²) in [4.78, 5) is 26.5. The monoisotopic (exact) mass is 404 g/mol. The molecule has 0 aliphatic carbocycles. The van der Waals surface area contributed by atoms with E-state index in [0.29, 0.717) is 30.8 Å². The van der Waals surface area contributed by atoms with Gasteiger partial charge in [-0.3, -0.25) is 9.59 Å². The molecule has 0 saturated heterocycles. The van der Waals surface area contributed by atoms with Crippen molar-refractivity contribution >= 4 is 23.2 Å². The average Bonchev–Trinajstić information content (AvgIpc) is 2.75. The fraction of sp³-hybridized carbons (Fsp3) is 0.167. The van der Waals surface area contributed by atoms with E-state index in [-0.39, 0.29) is 18.4 Å². The standard InChI is InChI=1S/C24H21FN2O3/c25-19-7-4-8-21(14-19)30-16-23(28)26-20-10-11-22-18(13-20)9-12-24(29)27(22)15-17-5-2-1-3-6-17/h1-8,10-11,13-14H,9,12,15-16H2,(H,26,28). The number of anilines is 2. The second-order valence-corrected chi connectivity index (χ2v) is 7.10. The number of hydrogen-bond acceptors (Lipinski definition) is 3. The average molecular weight is 404 g/mol. The molecular weight excluding hydrogens is 383 g/mol. The van der Waals surface area contributed by atoms with Crippen LogP contribution in [-0.2, 0) is 22.6 Å². The first kappa shape index (κ1) is 19.6. The summed E-state index contributed by atoms with van der Waals surface area (Å²) >= 11 is 0. The van der Waals surface area contributed by atoms with Crippen molar-refractivity contribution in [1.82, 2.24) is 0 Å². The molecule has 1 heterocycles. The lowest BCUT2D eigenvalue weighted by atomic mass is 9.99. The Kier molecular flexibility index (Phi) is 5.75. The van der Waals surface area contributed by atoms with Crippen LogP contribution in [0.3, 0.4) is 0 Å². The van der Waals surface area contributed by atoms with Crippen LogP contribution in [0.1, 0.15) is 17.5 Å². The molecule has 0 atom stereocenters. The van der Waals surface area contributed by atoms with Crippen molar-refractivity contribution in [2.75, 3.05) is 16.8 Å². The third-order valence-electron chi connectivity index (χ3n) is 4.91. The Morgan fingerprint density at radius 1 is 1.00 bits per heavy atom. The molecule has 152 valence electrons. The minimum absolute atomic E-state index is 0.0895. The highest BCUT2D eigenvalue weighted by molar-refractivity contribution is 5.97. The smallest absolute Gasteiger partial charge is 0.262 e. The van der Waals surface area contributed by atoms with Gasteiger partial charge in [0, 0.05) is 23.9 Å². The van der Waals surface area contributed by atoms with E-state index in [9.17, 15) is 14.0 Å². The second kappa shape index (κ2) is 8.78. The molecule has 30 heavy (non-hydrogen) atoms. The summed E-state index contributed by atoms with van der Waals surface area (Å²) in [6.45, 7) is 0.291. The van der Waals surface area contributed by atoms with Crippen molar-refractivity contribution in [1.29, 1.82) is 0 Å². The Morgan fingerprint density at radius 3 is 2.63 bits per heavy atom. The number of aryl methyl sites for hydroxylation is 1. The van der Waals surface area contributed by atoms with E-state index in [1.165, 1.54) is 18.2 Å². The quantitative estimate of drug-likeness (QED) is 0.666. The SMILES string of the molecule is O=C(COc1cccc(F)c1)Nc1ccc2c(c1)CCC(=O)N2Cc1ccccc1. The highest BCUT2D eigenvalue weighted by Crippen LogP contribution is 2.31. The summed E-state index contributed by atoms with van der Waals surface area (Å²) in [5.41, 5.74) is 3.57. The Morgan fingerprint density at radius 2 is 1.83 bits per heavy atom. The van der Waals surface area contributed by atoms with Crippen LogP contribution in [0.2, 0.25) is 0 Å². The van der Waals surface area contributed by atoms with Crippen LogP contribution in [0.25, 0.3) is 0 Å². The molecule has 0 saturated carbocycles. The first-order valence-corrected chi connectivity index (χ1v) is 9.74. The van der Waals surface area contributed by atoms with Crippen molar-refractivity contribution < 1.29 is 18.7 Å². The molecule has 1 aliphatic heterocycles. The number of rotatable bonds is 6. The molecule has 0 unspecified atom stereocenters. The Hall–Kier alpha value is -3.67. The molecule has 0 bridgehead atoms. The minimum atomic E-state index is -0.419. The molecule has 0 spiro atoms. The highest BCUT2D eigenvalue weighted by Gasteiger charge is 2.24. The summed E-state index contributed by atoms with van der Waals surface area (Å²) in [5.74, 6) is -0.373. The van der Waals surface area contributed by atoms with Crippen LogP contribution in [-0.4, -0.2) is 18.4 Å². The zero-order valence-electron chi connectivity index (χ0n) is 16.3. The van der Waals surface area contributed by atoms with Crippen LogP contribution in [0, 0.1) is 5.82 Å². The molecule has 0 fully saturated rings. The van der Waals surface area contributed by atoms with E-state index in [0.717, 1.165) is 16.8 Å². The molecule has 1 N–H and O–H groups in total. The summed E-state index contributed by atoms with van der Waals surface area (Å²) in [5, 5.41) is 2.79. The molecule has 5 nitrogen and oxygen atoms in total. The summed E-state index contributed by atoms with van der Waals surface area (Å²) in [6.07, 6.45) is 1.06. The maximum Gasteiger partial charge on any atom is 0.262 e. The Bertz CT molecular complexity index is 1070. The lowest BCUT2D eigenvalue weighted by Gasteiger charge is -2.30. The predicted octanol–water partition coefficient (Wildman–Crippen LogP) is 4.32. The van der Waals surface area contributed by atoms with Gasteiger partial charge < -0.3 is 15.0 Å². The number of halogens is 1. The maximum absolute atomic E-state index is 13.2. The highest BCUT2D eigenvalue weighted by atomic mass is 19.1. The fourth-order valence-corrected chi connectivity index (χ4v) is 3.48. The summed E-state index contributed by atoms with van der Waals surface area (Å²) in [7, 11) is 0. The van der Waals surface area contributed by atoms with E-state index in [2.05, 4.69) is 5.32 Å². The second-order valence-electron chi connectivity index (χ2n) is 7.10. The van der Waals surface area contributed by atoms with Crippen LogP contribution >= 0.6 is 0 Å². The zero-order chi connectivity index (χ0) is 20.9. The van der Waals surface area contributed by atoms with Crippen molar-refractivity contribution in [3.63, 3.8) is 0 Å². The fourth-order valence-electron chi connectivity index (χ4n) is 3.48. The number of carbonyl (C=O) groups excluding carboxylic acids is 2. The van der Waals surface area contributed by atoms with Crippen molar-refractivity contribution in [3.8, 4) is 5.75 Å². The van der Waals surface area contributed by atoms with Crippen LogP contribution < -0.4 is 15.0 Å². The van der Waals surface area contributed by atoms with E-state index in [1.54, 1.807) is 17.0 Å². The van der Waals surface area contributed by atoms with E-state index in [4.69, 9.17) is 4.74 Å². The third kappa shape index (κ3) is 4.66. The molecular formula is C24H21FN2O3. The summed E-state index contributed by atoms with van der Waals surface area (Å²) < 4.78 is 18.5. The van der Waals surface area contributed by atoms with Crippen LogP contribution in [0.5, 0.6) is 5.75 Å². The van der Waals surface area contributed by atoms with E-state index >= 15 is 0 Å². The third-order valence-corrected chi connectivity index (χ3v) is 4.91. The number of carbonyl (C=O) groups is 2. The van der Waals surface area contributed by atoms with Gasteiger partial charge in [-0.2, -0.15) is 0 Å². The van der Waals surface area contributed by atoms with Crippen molar-refractivity contribution in [2.45, 2.75) is 19.4 Å². The number of nitrogens with one attached hydrogen (secondary N) is 1. The maximum atomic E-state index is 13.2. The molecule has 1 aliphatic rings. The van der Waals surface area contributed by atoms with Gasteiger partial charge in [0.05, 0.1) is 6.54 Å². The minimum Gasteiger partial charge on any atom is -0.484 e. The van der Waals surface area contributed by atoms with Gasteiger partial charge >= 0.3 is 0 Å². The molecule has 6 heteroatoms.